The van der Waals surface area contributed by atoms with E-state index in [0.717, 1.165) is 16.6 Å². The van der Waals surface area contributed by atoms with Gasteiger partial charge in [0.05, 0.1) is 11.3 Å². The van der Waals surface area contributed by atoms with E-state index in [1.165, 1.54) is 6.26 Å². The quantitative estimate of drug-likeness (QED) is 0.862. The Morgan fingerprint density at radius 1 is 1.32 bits per heavy atom. The maximum atomic E-state index is 11.0. The molecular weight excluding hydrogens is 284 g/mol. The molecule has 0 aliphatic rings. The first-order chi connectivity index (χ1) is 8.96. The van der Waals surface area contributed by atoms with Gasteiger partial charge in [-0.25, -0.2) is 8.42 Å². The molecule has 0 unspecified atom stereocenters. The Morgan fingerprint density at radius 3 is 2.84 bits per heavy atom. The highest BCUT2D eigenvalue weighted by Gasteiger charge is 2.04. The van der Waals surface area contributed by atoms with Crippen LogP contribution in [-0.2, 0) is 9.84 Å². The zero-order chi connectivity index (χ0) is 13.9. The van der Waals surface area contributed by atoms with Crippen LogP contribution in [0.1, 0.15) is 6.42 Å². The molecule has 2 rings (SSSR count). The van der Waals surface area contributed by atoms with Crippen molar-refractivity contribution in [3.8, 4) is 0 Å². The van der Waals surface area contributed by atoms with Gasteiger partial charge in [0, 0.05) is 35.1 Å². The number of fused-ring (bicyclic) bond motifs is 1. The molecule has 0 fully saturated rings. The highest BCUT2D eigenvalue weighted by molar-refractivity contribution is 7.90. The first-order valence-corrected chi connectivity index (χ1v) is 8.35. The van der Waals surface area contributed by atoms with Crippen molar-refractivity contribution >= 4 is 38.0 Å². The minimum atomic E-state index is -2.90. The highest BCUT2D eigenvalue weighted by Crippen LogP contribution is 2.24. The van der Waals surface area contributed by atoms with Crippen molar-refractivity contribution in [1.82, 2.24) is 4.98 Å². The van der Waals surface area contributed by atoms with E-state index in [0.29, 0.717) is 18.0 Å². The summed E-state index contributed by atoms with van der Waals surface area (Å²) in [6.45, 7) is 0.606. The van der Waals surface area contributed by atoms with Crippen molar-refractivity contribution in [3.63, 3.8) is 0 Å². The largest absolute Gasteiger partial charge is 0.384 e. The zero-order valence-electron chi connectivity index (χ0n) is 10.6. The Hall–Kier alpha value is -1.33. The van der Waals surface area contributed by atoms with Crippen LogP contribution in [0.2, 0.25) is 5.02 Å². The monoisotopic (exact) mass is 298 g/mol. The lowest BCUT2D eigenvalue weighted by atomic mass is 10.2. The topological polar surface area (TPSA) is 59.1 Å². The summed E-state index contributed by atoms with van der Waals surface area (Å²) in [5.74, 6) is 0.189. The summed E-state index contributed by atoms with van der Waals surface area (Å²) in [5.41, 5.74) is 1.76. The first kappa shape index (κ1) is 14.1. The maximum absolute atomic E-state index is 11.0. The molecular formula is C13H15ClN2O2S. The molecule has 1 heterocycles. The fourth-order valence-electron chi connectivity index (χ4n) is 1.83. The molecule has 102 valence electrons. The van der Waals surface area contributed by atoms with E-state index in [2.05, 4.69) is 10.3 Å². The highest BCUT2D eigenvalue weighted by atomic mass is 35.5. The average Bonchev–Trinajstić information content (AvgIpc) is 2.33. The van der Waals surface area contributed by atoms with Crippen LogP contribution in [0.4, 0.5) is 5.69 Å². The van der Waals surface area contributed by atoms with Gasteiger partial charge in [-0.2, -0.15) is 0 Å². The van der Waals surface area contributed by atoms with E-state index in [9.17, 15) is 8.42 Å². The summed E-state index contributed by atoms with van der Waals surface area (Å²) >= 11 is 5.92. The number of sulfone groups is 1. The van der Waals surface area contributed by atoms with Gasteiger partial charge in [0.25, 0.3) is 0 Å². The molecule has 0 saturated heterocycles. The Labute approximate surface area is 117 Å². The van der Waals surface area contributed by atoms with Gasteiger partial charge in [-0.1, -0.05) is 11.6 Å². The second-order valence-corrected chi connectivity index (χ2v) is 7.13. The number of pyridine rings is 1. The van der Waals surface area contributed by atoms with Crippen LogP contribution in [0.15, 0.2) is 30.5 Å². The molecule has 4 nitrogen and oxygen atoms in total. The van der Waals surface area contributed by atoms with Gasteiger partial charge in [-0.05, 0) is 30.7 Å². The molecule has 2 aromatic rings. The second-order valence-electron chi connectivity index (χ2n) is 4.43. The van der Waals surface area contributed by atoms with Crippen molar-refractivity contribution < 1.29 is 8.42 Å². The normalized spacial score (nSPS) is 11.7. The minimum Gasteiger partial charge on any atom is -0.384 e. The lowest BCUT2D eigenvalue weighted by molar-refractivity contribution is 0.600. The van der Waals surface area contributed by atoms with Crippen molar-refractivity contribution in [2.24, 2.45) is 0 Å². The number of benzene rings is 1. The number of nitrogens with zero attached hydrogens (tertiary/aromatic N) is 1. The first-order valence-electron chi connectivity index (χ1n) is 5.91. The zero-order valence-corrected chi connectivity index (χ0v) is 12.1. The van der Waals surface area contributed by atoms with Gasteiger partial charge in [-0.3, -0.25) is 4.98 Å². The number of nitrogens with one attached hydrogen (secondary N) is 1. The number of hydrogen-bond donors (Lipinski definition) is 1. The van der Waals surface area contributed by atoms with Crippen LogP contribution in [0.3, 0.4) is 0 Å². The van der Waals surface area contributed by atoms with Crippen LogP contribution in [0, 0.1) is 0 Å². The van der Waals surface area contributed by atoms with E-state index in [4.69, 9.17) is 11.6 Å². The van der Waals surface area contributed by atoms with Crippen LogP contribution in [0.25, 0.3) is 10.9 Å². The molecule has 0 spiro atoms. The molecule has 0 bridgehead atoms. The van der Waals surface area contributed by atoms with Crippen molar-refractivity contribution in [2.45, 2.75) is 6.42 Å². The number of rotatable bonds is 5. The standard InChI is InChI=1S/C13H15ClN2O2S/c1-19(17,18)8-2-6-15-12-5-7-16-13-9-10(14)3-4-11(12)13/h3-5,7,9H,2,6,8H2,1H3,(H,15,16). The maximum Gasteiger partial charge on any atom is 0.147 e. The lowest BCUT2D eigenvalue weighted by Crippen LogP contribution is -2.09. The van der Waals surface area contributed by atoms with Crippen LogP contribution >= 0.6 is 11.6 Å². The average molecular weight is 299 g/mol. The second kappa shape index (κ2) is 5.75. The third-order valence-electron chi connectivity index (χ3n) is 2.71. The fraction of sp³-hybridized carbons (Fsp3) is 0.308. The van der Waals surface area contributed by atoms with Gasteiger partial charge in [0.15, 0.2) is 0 Å². The van der Waals surface area contributed by atoms with Crippen molar-refractivity contribution in [1.29, 1.82) is 0 Å². The van der Waals surface area contributed by atoms with Crippen LogP contribution in [-0.4, -0.2) is 32.0 Å². The molecule has 6 heteroatoms. The van der Waals surface area contributed by atoms with E-state index in [1.54, 1.807) is 12.3 Å². The summed E-state index contributed by atoms with van der Waals surface area (Å²) in [4.78, 5) is 4.25. The molecule has 0 saturated carbocycles. The Balaban J connectivity index is 2.09. The molecule has 19 heavy (non-hydrogen) atoms. The van der Waals surface area contributed by atoms with Crippen molar-refractivity contribution in [2.75, 3.05) is 23.9 Å². The Morgan fingerprint density at radius 2 is 2.11 bits per heavy atom. The SMILES string of the molecule is CS(=O)(=O)CCCNc1ccnc2cc(Cl)ccc12. The number of aromatic nitrogens is 1. The summed E-state index contributed by atoms with van der Waals surface area (Å²) in [6.07, 6.45) is 3.53. The Kier molecular flexibility index (Phi) is 4.27. The third kappa shape index (κ3) is 4.08. The van der Waals surface area contributed by atoms with E-state index in [1.807, 2.05) is 18.2 Å². The van der Waals surface area contributed by atoms with Gasteiger partial charge in [0.1, 0.15) is 9.84 Å². The smallest absolute Gasteiger partial charge is 0.147 e. The summed E-state index contributed by atoms with van der Waals surface area (Å²) in [6, 6.07) is 7.39. The molecule has 0 atom stereocenters. The Bertz CT molecular complexity index is 686. The van der Waals surface area contributed by atoms with Gasteiger partial charge in [0.2, 0.25) is 0 Å². The predicted molar refractivity (Wildman–Crippen MR) is 79.6 cm³/mol. The molecule has 0 amide bonds. The minimum absolute atomic E-state index is 0.189. The predicted octanol–water partition coefficient (Wildman–Crippen LogP) is 2.73. The molecule has 1 N–H and O–H groups in total. The van der Waals surface area contributed by atoms with E-state index < -0.39 is 9.84 Å². The molecule has 0 aliphatic heterocycles. The van der Waals surface area contributed by atoms with Gasteiger partial charge < -0.3 is 5.32 Å². The van der Waals surface area contributed by atoms with E-state index >= 15 is 0 Å². The number of halogens is 1. The summed E-state index contributed by atoms with van der Waals surface area (Å²) in [5, 5.41) is 4.86. The van der Waals surface area contributed by atoms with Crippen LogP contribution < -0.4 is 5.32 Å². The number of anilines is 1. The van der Waals surface area contributed by atoms with E-state index in [-0.39, 0.29) is 5.75 Å². The molecule has 0 radical (unpaired) electrons. The molecule has 1 aromatic carbocycles. The molecule has 1 aromatic heterocycles. The lowest BCUT2D eigenvalue weighted by Gasteiger charge is -2.09. The van der Waals surface area contributed by atoms with Crippen molar-refractivity contribution in [3.05, 3.63) is 35.5 Å². The van der Waals surface area contributed by atoms with Gasteiger partial charge >= 0.3 is 0 Å². The fourth-order valence-corrected chi connectivity index (χ4v) is 2.67. The molecule has 0 aliphatic carbocycles. The van der Waals surface area contributed by atoms with Crippen LogP contribution in [0.5, 0.6) is 0 Å². The summed E-state index contributed by atoms with van der Waals surface area (Å²) < 4.78 is 22.1. The van der Waals surface area contributed by atoms with Gasteiger partial charge in [-0.15, -0.1) is 0 Å². The summed E-state index contributed by atoms with van der Waals surface area (Å²) in [7, 11) is -2.90. The number of hydrogen-bond acceptors (Lipinski definition) is 4. The third-order valence-corrected chi connectivity index (χ3v) is 3.98.